The fourth-order valence-electron chi connectivity index (χ4n) is 3.01. The Balaban J connectivity index is 3.52. The van der Waals surface area contributed by atoms with E-state index in [4.69, 9.17) is 5.73 Å². The molecule has 0 aliphatic heterocycles. The van der Waals surface area contributed by atoms with Gasteiger partial charge in [0.2, 0.25) is 0 Å². The van der Waals surface area contributed by atoms with Crippen molar-refractivity contribution < 1.29 is 0 Å². The van der Waals surface area contributed by atoms with Gasteiger partial charge in [0.05, 0.1) is 0 Å². The predicted octanol–water partition coefficient (Wildman–Crippen LogP) is 6.33. The first-order valence-corrected chi connectivity index (χ1v) is 9.31. The largest absolute Gasteiger partial charge is 0.327 e. The zero-order valence-corrected chi connectivity index (χ0v) is 15.5. The van der Waals surface area contributed by atoms with Gasteiger partial charge in [-0.2, -0.15) is 0 Å². The Hall–Kier alpha value is -0.300. The molecule has 1 heteroatoms. The van der Waals surface area contributed by atoms with Gasteiger partial charge in [-0.25, -0.2) is 0 Å². The summed E-state index contributed by atoms with van der Waals surface area (Å²) in [7, 11) is 0. The third-order valence-corrected chi connectivity index (χ3v) is 4.61. The standard InChI is InChI=1S/C20H41N/c1-17(2)9-6-10-18(3)11-7-12-19(4)13-8-14-20(5)15-16-21/h15,17-19H,6-14,16,21H2,1-5H3/b20-15+/t18-,19-/m1/s1. The maximum atomic E-state index is 5.53. The van der Waals surface area contributed by atoms with Crippen LogP contribution in [0.1, 0.15) is 92.4 Å². The van der Waals surface area contributed by atoms with Crippen molar-refractivity contribution in [1.29, 1.82) is 0 Å². The van der Waals surface area contributed by atoms with E-state index in [1.54, 1.807) is 0 Å². The minimum Gasteiger partial charge on any atom is -0.327 e. The Morgan fingerprint density at radius 3 is 1.76 bits per heavy atom. The van der Waals surface area contributed by atoms with Crippen LogP contribution in [-0.4, -0.2) is 6.54 Å². The molecule has 2 atom stereocenters. The summed E-state index contributed by atoms with van der Waals surface area (Å²) in [5.74, 6) is 2.68. The third-order valence-electron chi connectivity index (χ3n) is 4.61. The van der Waals surface area contributed by atoms with Crippen LogP contribution in [0.15, 0.2) is 11.6 Å². The Bertz CT molecular complexity index is 255. The average Bonchev–Trinajstić information content (AvgIpc) is 2.38. The van der Waals surface area contributed by atoms with Crippen molar-refractivity contribution >= 4 is 0 Å². The molecule has 0 aromatic rings. The van der Waals surface area contributed by atoms with Crippen LogP contribution in [0.4, 0.5) is 0 Å². The van der Waals surface area contributed by atoms with E-state index in [2.05, 4.69) is 40.7 Å². The molecule has 0 radical (unpaired) electrons. The van der Waals surface area contributed by atoms with E-state index in [1.807, 2.05) is 0 Å². The number of nitrogens with two attached hydrogens (primary N) is 1. The molecule has 0 heterocycles. The Morgan fingerprint density at radius 1 is 0.810 bits per heavy atom. The highest BCUT2D eigenvalue weighted by molar-refractivity contribution is 4.98. The molecule has 0 amide bonds. The first-order valence-electron chi connectivity index (χ1n) is 9.31. The predicted molar refractivity (Wildman–Crippen MR) is 97.5 cm³/mol. The topological polar surface area (TPSA) is 26.0 Å². The summed E-state index contributed by atoms with van der Waals surface area (Å²) in [6, 6.07) is 0. The van der Waals surface area contributed by atoms with Crippen molar-refractivity contribution in [3.63, 3.8) is 0 Å². The molecule has 1 nitrogen and oxygen atoms in total. The second kappa shape index (κ2) is 13.4. The highest BCUT2D eigenvalue weighted by Gasteiger charge is 2.06. The molecule has 0 aliphatic carbocycles. The molecule has 0 unspecified atom stereocenters. The summed E-state index contributed by atoms with van der Waals surface area (Å²) in [4.78, 5) is 0. The van der Waals surface area contributed by atoms with E-state index < -0.39 is 0 Å². The van der Waals surface area contributed by atoms with Crippen molar-refractivity contribution in [3.8, 4) is 0 Å². The van der Waals surface area contributed by atoms with E-state index in [-0.39, 0.29) is 0 Å². The maximum Gasteiger partial charge on any atom is 0.0109 e. The van der Waals surface area contributed by atoms with Crippen molar-refractivity contribution in [1.82, 2.24) is 0 Å². The van der Waals surface area contributed by atoms with Gasteiger partial charge in [-0.15, -0.1) is 0 Å². The zero-order valence-electron chi connectivity index (χ0n) is 15.5. The first-order chi connectivity index (χ1) is 9.95. The normalized spacial score (nSPS) is 15.5. The van der Waals surface area contributed by atoms with Crippen LogP contribution in [0.3, 0.4) is 0 Å². The molecule has 126 valence electrons. The second-order valence-electron chi connectivity index (χ2n) is 7.64. The fraction of sp³-hybridized carbons (Fsp3) is 0.900. The smallest absolute Gasteiger partial charge is 0.0109 e. The Labute approximate surface area is 134 Å². The summed E-state index contributed by atoms with van der Waals surface area (Å²) in [5, 5.41) is 0. The number of hydrogen-bond acceptors (Lipinski definition) is 1. The molecular formula is C20H41N. The summed E-state index contributed by atoms with van der Waals surface area (Å²) in [5.41, 5.74) is 6.99. The van der Waals surface area contributed by atoms with Crippen LogP contribution in [0.2, 0.25) is 0 Å². The first kappa shape index (κ1) is 20.7. The molecule has 0 spiro atoms. The molecule has 0 aromatic carbocycles. The number of allylic oxidation sites excluding steroid dienone is 1. The van der Waals surface area contributed by atoms with Crippen LogP contribution < -0.4 is 5.73 Å². The highest BCUT2D eigenvalue weighted by Crippen LogP contribution is 2.21. The minimum atomic E-state index is 0.691. The van der Waals surface area contributed by atoms with Gasteiger partial charge < -0.3 is 5.73 Å². The van der Waals surface area contributed by atoms with Gasteiger partial charge >= 0.3 is 0 Å². The maximum absolute atomic E-state index is 5.53. The number of rotatable bonds is 13. The molecule has 0 aliphatic rings. The summed E-state index contributed by atoms with van der Waals surface area (Å²) >= 11 is 0. The molecule has 0 saturated heterocycles. The lowest BCUT2D eigenvalue weighted by Crippen LogP contribution is -2.00. The lowest BCUT2D eigenvalue weighted by molar-refractivity contribution is 0.389. The zero-order chi connectivity index (χ0) is 16.1. The molecule has 0 fully saturated rings. The fourth-order valence-corrected chi connectivity index (χ4v) is 3.01. The van der Waals surface area contributed by atoms with Crippen molar-refractivity contribution in [3.05, 3.63) is 11.6 Å². The van der Waals surface area contributed by atoms with E-state index in [0.29, 0.717) is 6.54 Å². The van der Waals surface area contributed by atoms with Crippen LogP contribution in [0.25, 0.3) is 0 Å². The van der Waals surface area contributed by atoms with Crippen molar-refractivity contribution in [2.45, 2.75) is 92.4 Å². The SMILES string of the molecule is C/C(=C\CN)CCC[C@H](C)CCC[C@H](C)CCCC(C)C. The Kier molecular flexibility index (Phi) is 13.2. The monoisotopic (exact) mass is 295 g/mol. The highest BCUT2D eigenvalue weighted by atomic mass is 14.5. The minimum absolute atomic E-state index is 0.691. The van der Waals surface area contributed by atoms with Crippen LogP contribution in [0.5, 0.6) is 0 Å². The van der Waals surface area contributed by atoms with Crippen molar-refractivity contribution in [2.24, 2.45) is 23.5 Å². The van der Waals surface area contributed by atoms with Crippen LogP contribution in [0, 0.1) is 17.8 Å². The van der Waals surface area contributed by atoms with Gasteiger partial charge in [0.15, 0.2) is 0 Å². The van der Waals surface area contributed by atoms with Crippen molar-refractivity contribution in [2.75, 3.05) is 6.54 Å². The third kappa shape index (κ3) is 14.4. The van der Waals surface area contributed by atoms with Gasteiger partial charge in [0.1, 0.15) is 0 Å². The number of hydrogen-bond donors (Lipinski definition) is 1. The molecular weight excluding hydrogens is 254 g/mol. The molecule has 0 aromatic heterocycles. The van der Waals surface area contributed by atoms with E-state index >= 15 is 0 Å². The lowest BCUT2D eigenvalue weighted by Gasteiger charge is -2.15. The molecule has 0 saturated carbocycles. The summed E-state index contributed by atoms with van der Waals surface area (Å²) in [6.45, 7) is 12.4. The summed E-state index contributed by atoms with van der Waals surface area (Å²) < 4.78 is 0. The Morgan fingerprint density at radius 2 is 1.29 bits per heavy atom. The van der Waals surface area contributed by atoms with Crippen LogP contribution >= 0.6 is 0 Å². The van der Waals surface area contributed by atoms with Gasteiger partial charge in [-0.1, -0.05) is 84.3 Å². The second-order valence-corrected chi connectivity index (χ2v) is 7.64. The van der Waals surface area contributed by atoms with Gasteiger partial charge in [-0.3, -0.25) is 0 Å². The summed E-state index contributed by atoms with van der Waals surface area (Å²) in [6.07, 6.45) is 14.6. The molecule has 0 rings (SSSR count). The van der Waals surface area contributed by atoms with E-state index in [0.717, 1.165) is 17.8 Å². The lowest BCUT2D eigenvalue weighted by atomic mass is 9.91. The molecule has 0 bridgehead atoms. The average molecular weight is 296 g/mol. The van der Waals surface area contributed by atoms with Gasteiger partial charge in [-0.05, 0) is 37.5 Å². The van der Waals surface area contributed by atoms with Crippen LogP contribution in [-0.2, 0) is 0 Å². The molecule has 2 N–H and O–H groups in total. The van der Waals surface area contributed by atoms with Gasteiger partial charge in [0, 0.05) is 6.54 Å². The van der Waals surface area contributed by atoms with E-state index in [9.17, 15) is 0 Å². The quantitative estimate of drug-likeness (QED) is 0.395. The van der Waals surface area contributed by atoms with Gasteiger partial charge in [0.25, 0.3) is 0 Å². The molecule has 21 heavy (non-hydrogen) atoms. The van der Waals surface area contributed by atoms with E-state index in [1.165, 1.54) is 63.4 Å².